The van der Waals surface area contributed by atoms with Gasteiger partial charge in [-0.3, -0.25) is 4.79 Å². The molecule has 0 aliphatic heterocycles. The number of carbonyl (C=O) groups is 1. The van der Waals surface area contributed by atoms with Gasteiger partial charge in [0.2, 0.25) is 5.91 Å². The van der Waals surface area contributed by atoms with Gasteiger partial charge in [-0.25, -0.2) is 8.42 Å². The molecule has 2 aromatic carbocycles. The zero-order valence-electron chi connectivity index (χ0n) is 15.5. The molecule has 27 heavy (non-hydrogen) atoms. The van der Waals surface area contributed by atoms with E-state index in [0.29, 0.717) is 24.3 Å². The van der Waals surface area contributed by atoms with E-state index in [4.69, 9.17) is 4.74 Å². The maximum Gasteiger partial charge on any atom is 0.235 e. The van der Waals surface area contributed by atoms with Crippen LogP contribution in [0.3, 0.4) is 0 Å². The first-order chi connectivity index (χ1) is 12.9. The minimum atomic E-state index is -3.37. The highest BCUT2D eigenvalue weighted by Gasteiger charge is 2.30. The molecule has 5 nitrogen and oxygen atoms in total. The standard InChI is InChI=1S/C21H25NO4S/c1-16-10-12-18(13-11-16)26-20-9-5-2-6-17(20)14-22-21(23)15-27(24,25)19-7-3-4-8-19/h2,5-6,9-13,19H,3-4,7-8,14-15H2,1H3,(H,22,23). The predicted molar refractivity (Wildman–Crippen MR) is 106 cm³/mol. The van der Waals surface area contributed by atoms with Gasteiger partial charge in [0.25, 0.3) is 0 Å². The van der Waals surface area contributed by atoms with Gasteiger partial charge >= 0.3 is 0 Å². The van der Waals surface area contributed by atoms with Crippen molar-refractivity contribution in [1.82, 2.24) is 5.32 Å². The number of para-hydroxylation sites is 1. The molecule has 3 rings (SSSR count). The highest BCUT2D eigenvalue weighted by Crippen LogP contribution is 2.26. The molecular weight excluding hydrogens is 362 g/mol. The Morgan fingerprint density at radius 3 is 2.44 bits per heavy atom. The minimum absolute atomic E-state index is 0.223. The van der Waals surface area contributed by atoms with E-state index in [0.717, 1.165) is 24.0 Å². The van der Waals surface area contributed by atoms with E-state index in [1.165, 1.54) is 0 Å². The number of hydrogen-bond acceptors (Lipinski definition) is 4. The van der Waals surface area contributed by atoms with Crippen LogP contribution in [0.2, 0.25) is 0 Å². The fraction of sp³-hybridized carbons (Fsp3) is 0.381. The van der Waals surface area contributed by atoms with Gasteiger partial charge in [0.1, 0.15) is 17.3 Å². The monoisotopic (exact) mass is 387 g/mol. The topological polar surface area (TPSA) is 72.5 Å². The van der Waals surface area contributed by atoms with Gasteiger partial charge in [-0.2, -0.15) is 0 Å². The summed E-state index contributed by atoms with van der Waals surface area (Å²) in [6.07, 6.45) is 3.19. The van der Waals surface area contributed by atoms with Crippen LogP contribution in [-0.2, 0) is 21.2 Å². The van der Waals surface area contributed by atoms with E-state index in [9.17, 15) is 13.2 Å². The third-order valence-electron chi connectivity index (χ3n) is 4.84. The zero-order valence-corrected chi connectivity index (χ0v) is 16.3. The molecule has 2 aromatic rings. The Bertz CT molecular complexity index is 885. The summed E-state index contributed by atoms with van der Waals surface area (Å²) in [6, 6.07) is 15.1. The molecule has 0 saturated heterocycles. The van der Waals surface area contributed by atoms with Crippen LogP contribution in [0.4, 0.5) is 0 Å². The Balaban J connectivity index is 1.60. The van der Waals surface area contributed by atoms with Gasteiger partial charge < -0.3 is 10.1 Å². The third-order valence-corrected chi connectivity index (χ3v) is 6.99. The van der Waals surface area contributed by atoms with Crippen molar-refractivity contribution in [1.29, 1.82) is 0 Å². The Labute approximate surface area is 160 Å². The first-order valence-electron chi connectivity index (χ1n) is 9.25. The molecule has 0 heterocycles. The smallest absolute Gasteiger partial charge is 0.235 e. The fourth-order valence-corrected chi connectivity index (χ4v) is 5.03. The Morgan fingerprint density at radius 1 is 1.07 bits per heavy atom. The summed E-state index contributed by atoms with van der Waals surface area (Å²) in [7, 11) is -3.37. The van der Waals surface area contributed by atoms with Crippen LogP contribution in [0.5, 0.6) is 11.5 Å². The number of amides is 1. The molecular formula is C21H25NO4S. The number of carbonyl (C=O) groups excluding carboxylic acids is 1. The SMILES string of the molecule is Cc1ccc(Oc2ccccc2CNC(=O)CS(=O)(=O)C2CCCC2)cc1. The van der Waals surface area contributed by atoms with E-state index in [1.54, 1.807) is 0 Å². The van der Waals surface area contributed by atoms with Crippen molar-refractivity contribution < 1.29 is 17.9 Å². The molecule has 0 spiro atoms. The molecule has 1 saturated carbocycles. The van der Waals surface area contributed by atoms with Crippen molar-refractivity contribution in [3.8, 4) is 11.5 Å². The summed E-state index contributed by atoms with van der Waals surface area (Å²) in [4.78, 5) is 12.2. The summed E-state index contributed by atoms with van der Waals surface area (Å²) in [5.41, 5.74) is 1.94. The van der Waals surface area contributed by atoms with E-state index in [1.807, 2.05) is 55.5 Å². The number of hydrogen-bond donors (Lipinski definition) is 1. The van der Waals surface area contributed by atoms with Crippen molar-refractivity contribution in [3.63, 3.8) is 0 Å². The number of benzene rings is 2. The van der Waals surface area contributed by atoms with Crippen LogP contribution in [0.1, 0.15) is 36.8 Å². The Hall–Kier alpha value is -2.34. The summed E-state index contributed by atoms with van der Waals surface area (Å²) in [6.45, 7) is 2.23. The van der Waals surface area contributed by atoms with Gasteiger partial charge in [-0.15, -0.1) is 0 Å². The molecule has 6 heteroatoms. The van der Waals surface area contributed by atoms with Crippen molar-refractivity contribution in [3.05, 3.63) is 59.7 Å². The van der Waals surface area contributed by atoms with E-state index < -0.39 is 21.5 Å². The zero-order chi connectivity index (χ0) is 19.3. The second-order valence-corrected chi connectivity index (χ2v) is 9.29. The van der Waals surface area contributed by atoms with Gasteiger partial charge in [-0.05, 0) is 38.0 Å². The van der Waals surface area contributed by atoms with Crippen molar-refractivity contribution >= 4 is 15.7 Å². The second kappa shape index (κ2) is 8.57. The molecule has 1 fully saturated rings. The predicted octanol–water partition coefficient (Wildman–Crippen LogP) is 3.76. The molecule has 0 bridgehead atoms. The normalized spacial score (nSPS) is 14.9. The minimum Gasteiger partial charge on any atom is -0.457 e. The quantitative estimate of drug-likeness (QED) is 0.785. The molecule has 1 aliphatic rings. The molecule has 0 atom stereocenters. The molecule has 1 aliphatic carbocycles. The fourth-order valence-electron chi connectivity index (χ4n) is 3.28. The lowest BCUT2D eigenvalue weighted by molar-refractivity contribution is -0.118. The van der Waals surface area contributed by atoms with Gasteiger partial charge in [0, 0.05) is 12.1 Å². The number of ether oxygens (including phenoxy) is 1. The second-order valence-electron chi connectivity index (χ2n) is 7.01. The van der Waals surface area contributed by atoms with Crippen LogP contribution in [0, 0.1) is 6.92 Å². The lowest BCUT2D eigenvalue weighted by atomic mass is 10.2. The molecule has 0 unspecified atom stereocenters. The summed E-state index contributed by atoms with van der Waals surface area (Å²) in [5.74, 6) is 0.439. The maximum atomic E-state index is 12.3. The van der Waals surface area contributed by atoms with Crippen LogP contribution >= 0.6 is 0 Å². The Kier molecular flexibility index (Phi) is 6.16. The molecule has 0 radical (unpaired) electrons. The average Bonchev–Trinajstić information content (AvgIpc) is 3.18. The summed E-state index contributed by atoms with van der Waals surface area (Å²) in [5, 5.41) is 2.35. The van der Waals surface area contributed by atoms with E-state index in [-0.39, 0.29) is 11.8 Å². The number of nitrogens with one attached hydrogen (secondary N) is 1. The summed E-state index contributed by atoms with van der Waals surface area (Å²) >= 11 is 0. The highest BCUT2D eigenvalue weighted by atomic mass is 32.2. The molecule has 1 N–H and O–H groups in total. The van der Waals surface area contributed by atoms with Crippen LogP contribution in [0.25, 0.3) is 0 Å². The molecule has 144 valence electrons. The Morgan fingerprint density at radius 2 is 1.74 bits per heavy atom. The maximum absolute atomic E-state index is 12.3. The van der Waals surface area contributed by atoms with Gasteiger partial charge in [-0.1, -0.05) is 48.7 Å². The van der Waals surface area contributed by atoms with Gasteiger partial charge in [0.05, 0.1) is 5.25 Å². The molecule has 0 aromatic heterocycles. The lowest BCUT2D eigenvalue weighted by Gasteiger charge is -2.13. The van der Waals surface area contributed by atoms with E-state index >= 15 is 0 Å². The molecule has 1 amide bonds. The number of sulfone groups is 1. The third kappa shape index (κ3) is 5.32. The lowest BCUT2D eigenvalue weighted by Crippen LogP contribution is -2.33. The van der Waals surface area contributed by atoms with Crippen molar-refractivity contribution in [2.75, 3.05) is 5.75 Å². The first-order valence-corrected chi connectivity index (χ1v) is 11.0. The highest BCUT2D eigenvalue weighted by molar-refractivity contribution is 7.92. The average molecular weight is 388 g/mol. The summed E-state index contributed by atoms with van der Waals surface area (Å²) < 4.78 is 30.5. The first kappa shape index (κ1) is 19.4. The number of aryl methyl sites for hydroxylation is 1. The van der Waals surface area contributed by atoms with Gasteiger partial charge in [0.15, 0.2) is 9.84 Å². The van der Waals surface area contributed by atoms with Crippen LogP contribution < -0.4 is 10.1 Å². The van der Waals surface area contributed by atoms with E-state index in [2.05, 4.69) is 5.32 Å². The van der Waals surface area contributed by atoms with Crippen LogP contribution in [-0.4, -0.2) is 25.3 Å². The van der Waals surface area contributed by atoms with Crippen LogP contribution in [0.15, 0.2) is 48.5 Å². The number of rotatable bonds is 7. The largest absolute Gasteiger partial charge is 0.457 e. The van der Waals surface area contributed by atoms with Crippen molar-refractivity contribution in [2.45, 2.75) is 44.4 Å². The van der Waals surface area contributed by atoms with Crippen molar-refractivity contribution in [2.24, 2.45) is 0 Å².